The number of allylic oxidation sites excluding steroid dienone is 5. The van der Waals surface area contributed by atoms with E-state index in [2.05, 4.69) is 19.1 Å². The van der Waals surface area contributed by atoms with Gasteiger partial charge in [-0.1, -0.05) is 102 Å². The third-order valence-corrected chi connectivity index (χ3v) is 3.19. The highest BCUT2D eigenvalue weighted by atomic mass is 14.0. The van der Waals surface area contributed by atoms with E-state index in [0.717, 1.165) is 0 Å². The fraction of sp³-hybridized carbons (Fsp3) is 0.667. The number of hydrogen-bond donors (Lipinski definition) is 0. The Balaban J connectivity index is 3.05. The summed E-state index contributed by atoms with van der Waals surface area (Å²) >= 11 is 0. The largest absolute Gasteiger partial charge is 0.0845 e. The van der Waals surface area contributed by atoms with Crippen molar-refractivity contribution in [3.05, 3.63) is 37.0 Å². The summed E-state index contributed by atoms with van der Waals surface area (Å²) in [7, 11) is 0. The average Bonchev–Trinajstić information content (AvgIpc) is 2.39. The monoisotopic (exact) mass is 247 g/mol. The van der Waals surface area contributed by atoms with Crippen LogP contribution in [0.2, 0.25) is 0 Å². The van der Waals surface area contributed by atoms with Gasteiger partial charge in [0.1, 0.15) is 0 Å². The molecule has 0 aliphatic rings. The molecule has 0 aromatic heterocycles. The van der Waals surface area contributed by atoms with Crippen molar-refractivity contribution in [1.82, 2.24) is 0 Å². The van der Waals surface area contributed by atoms with E-state index in [0.29, 0.717) is 0 Å². The van der Waals surface area contributed by atoms with Gasteiger partial charge in [0.25, 0.3) is 0 Å². The summed E-state index contributed by atoms with van der Waals surface area (Å²) in [6.45, 7) is 7.51. The first-order valence-corrected chi connectivity index (χ1v) is 7.78. The molecule has 18 heavy (non-hydrogen) atoms. The van der Waals surface area contributed by atoms with Crippen LogP contribution in [0.3, 0.4) is 0 Å². The molecule has 0 unspecified atom stereocenters. The van der Waals surface area contributed by atoms with Gasteiger partial charge in [-0.05, 0) is 12.8 Å². The second-order valence-electron chi connectivity index (χ2n) is 4.98. The van der Waals surface area contributed by atoms with E-state index < -0.39 is 0 Å². The van der Waals surface area contributed by atoms with Gasteiger partial charge in [-0.3, -0.25) is 0 Å². The summed E-state index contributed by atoms with van der Waals surface area (Å²) in [5.74, 6) is 0. The summed E-state index contributed by atoms with van der Waals surface area (Å²) in [6.07, 6.45) is 25.0. The second-order valence-corrected chi connectivity index (χ2v) is 4.98. The molecule has 0 aromatic carbocycles. The van der Waals surface area contributed by atoms with Crippen LogP contribution in [0.5, 0.6) is 0 Å². The van der Waals surface area contributed by atoms with E-state index in [1.165, 1.54) is 70.6 Å². The van der Waals surface area contributed by atoms with Crippen molar-refractivity contribution in [3.8, 4) is 0 Å². The van der Waals surface area contributed by atoms with E-state index in [1.54, 1.807) is 6.08 Å². The molecule has 0 fully saturated rings. The highest BCUT2D eigenvalue weighted by Gasteiger charge is 1.91. The SMILES string of the molecule is [CH]=C/C=C/C=C/CCCCCCCCCCCC. The molecule has 0 saturated carbocycles. The first-order chi connectivity index (χ1) is 8.91. The maximum absolute atomic E-state index is 5.23. The fourth-order valence-electron chi connectivity index (χ4n) is 2.05. The maximum Gasteiger partial charge on any atom is -0.0348 e. The van der Waals surface area contributed by atoms with Gasteiger partial charge in [-0.15, -0.1) is 0 Å². The Kier molecular flexibility index (Phi) is 15.5. The van der Waals surface area contributed by atoms with Crippen molar-refractivity contribution in [2.75, 3.05) is 0 Å². The summed E-state index contributed by atoms with van der Waals surface area (Å²) < 4.78 is 0. The average molecular weight is 247 g/mol. The normalized spacial score (nSPS) is 11.6. The van der Waals surface area contributed by atoms with E-state index >= 15 is 0 Å². The van der Waals surface area contributed by atoms with Gasteiger partial charge in [-0.25, -0.2) is 0 Å². The van der Waals surface area contributed by atoms with Crippen LogP contribution >= 0.6 is 0 Å². The van der Waals surface area contributed by atoms with Crippen molar-refractivity contribution >= 4 is 0 Å². The Labute approximate surface area is 115 Å². The van der Waals surface area contributed by atoms with E-state index in [9.17, 15) is 0 Å². The van der Waals surface area contributed by atoms with E-state index in [-0.39, 0.29) is 0 Å². The van der Waals surface area contributed by atoms with Crippen LogP contribution in [0.25, 0.3) is 0 Å². The predicted molar refractivity (Wildman–Crippen MR) is 83.6 cm³/mol. The lowest BCUT2D eigenvalue weighted by molar-refractivity contribution is 0.557. The lowest BCUT2D eigenvalue weighted by atomic mass is 10.1. The van der Waals surface area contributed by atoms with Crippen LogP contribution < -0.4 is 0 Å². The Morgan fingerprint density at radius 3 is 1.78 bits per heavy atom. The minimum absolute atomic E-state index is 1.20. The third kappa shape index (κ3) is 15.2. The highest BCUT2D eigenvalue weighted by Crippen LogP contribution is 2.11. The Morgan fingerprint density at radius 2 is 1.22 bits per heavy atom. The molecule has 0 amide bonds. The highest BCUT2D eigenvalue weighted by molar-refractivity contribution is 5.07. The van der Waals surface area contributed by atoms with Crippen LogP contribution in [0, 0.1) is 6.58 Å². The minimum Gasteiger partial charge on any atom is -0.0845 e. The van der Waals surface area contributed by atoms with Crippen LogP contribution in [0.15, 0.2) is 30.4 Å². The van der Waals surface area contributed by atoms with E-state index in [4.69, 9.17) is 6.58 Å². The molecule has 0 aliphatic heterocycles. The molecule has 0 N–H and O–H groups in total. The maximum atomic E-state index is 5.23. The number of unbranched alkanes of at least 4 members (excludes halogenated alkanes) is 10. The molecule has 0 bridgehead atoms. The first-order valence-electron chi connectivity index (χ1n) is 7.78. The zero-order chi connectivity index (χ0) is 13.3. The van der Waals surface area contributed by atoms with Crippen molar-refractivity contribution in [3.63, 3.8) is 0 Å². The zero-order valence-corrected chi connectivity index (χ0v) is 12.2. The van der Waals surface area contributed by atoms with Crippen LogP contribution in [0.1, 0.15) is 77.6 Å². The van der Waals surface area contributed by atoms with Gasteiger partial charge in [0.15, 0.2) is 0 Å². The predicted octanol–water partition coefficient (Wildman–Crippen LogP) is 6.40. The smallest absolute Gasteiger partial charge is 0.0348 e. The molecule has 0 heterocycles. The molecular weight excluding hydrogens is 216 g/mol. The molecule has 0 aromatic rings. The Morgan fingerprint density at radius 1 is 0.667 bits per heavy atom. The van der Waals surface area contributed by atoms with Crippen LogP contribution in [0.4, 0.5) is 0 Å². The second kappa shape index (κ2) is 16.2. The topological polar surface area (TPSA) is 0 Å². The van der Waals surface area contributed by atoms with Crippen molar-refractivity contribution in [1.29, 1.82) is 0 Å². The molecule has 0 atom stereocenters. The van der Waals surface area contributed by atoms with Gasteiger partial charge in [0.2, 0.25) is 0 Å². The van der Waals surface area contributed by atoms with Crippen molar-refractivity contribution < 1.29 is 0 Å². The fourth-order valence-corrected chi connectivity index (χ4v) is 2.05. The first kappa shape index (κ1) is 17.2. The number of rotatable bonds is 13. The zero-order valence-electron chi connectivity index (χ0n) is 12.2. The molecule has 0 rings (SSSR count). The molecular formula is C18H31. The molecule has 103 valence electrons. The van der Waals surface area contributed by atoms with Crippen LogP contribution in [-0.2, 0) is 0 Å². The molecule has 0 heteroatoms. The summed E-state index contributed by atoms with van der Waals surface area (Å²) in [4.78, 5) is 0. The lowest BCUT2D eigenvalue weighted by Crippen LogP contribution is -1.81. The van der Waals surface area contributed by atoms with Crippen LogP contribution in [-0.4, -0.2) is 0 Å². The van der Waals surface area contributed by atoms with Crippen molar-refractivity contribution in [2.45, 2.75) is 77.6 Å². The summed E-state index contributed by atoms with van der Waals surface area (Å²) in [5, 5.41) is 0. The lowest BCUT2D eigenvalue weighted by Gasteiger charge is -2.01. The van der Waals surface area contributed by atoms with Gasteiger partial charge < -0.3 is 0 Å². The minimum atomic E-state index is 1.20. The molecule has 0 saturated heterocycles. The summed E-state index contributed by atoms with van der Waals surface area (Å²) in [5.41, 5.74) is 0. The third-order valence-electron chi connectivity index (χ3n) is 3.19. The van der Waals surface area contributed by atoms with Gasteiger partial charge in [0.05, 0.1) is 0 Å². The summed E-state index contributed by atoms with van der Waals surface area (Å²) in [6, 6.07) is 0. The molecule has 0 aliphatic carbocycles. The molecule has 0 spiro atoms. The van der Waals surface area contributed by atoms with Crippen molar-refractivity contribution in [2.24, 2.45) is 0 Å². The molecule has 0 nitrogen and oxygen atoms in total. The van der Waals surface area contributed by atoms with Gasteiger partial charge in [-0.2, -0.15) is 0 Å². The van der Waals surface area contributed by atoms with Gasteiger partial charge in [0, 0.05) is 0 Å². The van der Waals surface area contributed by atoms with Gasteiger partial charge >= 0.3 is 0 Å². The number of hydrogen-bond acceptors (Lipinski definition) is 0. The Bertz CT molecular complexity index is 210. The quantitative estimate of drug-likeness (QED) is 0.261. The standard InChI is InChI=1S/C18H31/c1-3-5-7-9-11-13-15-17-18-16-14-12-10-8-6-4-2/h1,3,5,7,9,11H,4,6,8,10,12-18H2,2H3/b3-1?,7-5+,11-9+. The Hall–Kier alpha value is -0.780. The van der Waals surface area contributed by atoms with E-state index in [1.807, 2.05) is 12.2 Å². The molecule has 1 radical (unpaired) electrons.